The molecule has 19 heavy (non-hydrogen) atoms. The average molecular weight is 305 g/mol. The van der Waals surface area contributed by atoms with E-state index in [4.69, 9.17) is 21.1 Å². The molecule has 0 bridgehead atoms. The monoisotopic (exact) mass is 304 g/mol. The smallest absolute Gasteiger partial charge is 0.141 e. The van der Waals surface area contributed by atoms with Crippen molar-refractivity contribution in [1.29, 1.82) is 0 Å². The normalized spacial score (nSPS) is 10.3. The molecule has 0 radical (unpaired) electrons. The molecule has 104 valence electrons. The van der Waals surface area contributed by atoms with Gasteiger partial charge in [0.2, 0.25) is 0 Å². The highest BCUT2D eigenvalue weighted by Gasteiger charge is 2.07. The van der Waals surface area contributed by atoms with Crippen molar-refractivity contribution in [3.63, 3.8) is 0 Å². The van der Waals surface area contributed by atoms with E-state index in [1.54, 1.807) is 12.1 Å². The lowest BCUT2D eigenvalue weighted by molar-refractivity contribution is -0.00000581. The van der Waals surface area contributed by atoms with Crippen molar-refractivity contribution in [3.8, 4) is 11.3 Å². The number of halogens is 3. The Morgan fingerprint density at radius 3 is 2.74 bits per heavy atom. The topological polar surface area (TPSA) is 45.4 Å². The Kier molecular flexibility index (Phi) is 6.31. The second kappa shape index (κ2) is 7.50. The van der Waals surface area contributed by atoms with Crippen LogP contribution < -0.4 is 17.7 Å². The summed E-state index contributed by atoms with van der Waals surface area (Å²) in [6.07, 6.45) is 0. The van der Waals surface area contributed by atoms with Crippen LogP contribution in [0.5, 0.6) is 0 Å². The van der Waals surface area contributed by atoms with Crippen LogP contribution in [0.3, 0.4) is 0 Å². The molecule has 0 saturated heterocycles. The number of nitrogens with one attached hydrogen (secondary N) is 1. The summed E-state index contributed by atoms with van der Waals surface area (Å²) in [5.74, 6) is 0.938. The fourth-order valence-corrected chi connectivity index (χ4v) is 1.75. The summed E-state index contributed by atoms with van der Waals surface area (Å²) < 4.78 is 18.6. The maximum absolute atomic E-state index is 13.0. The quantitative estimate of drug-likeness (QED) is 0.754. The molecule has 2 N–H and O–H groups in total. The molecule has 0 amide bonds. The maximum Gasteiger partial charge on any atom is 0.141 e. The number of aliphatic hydroxyl groups is 1. The van der Waals surface area contributed by atoms with E-state index >= 15 is 0 Å². The minimum absolute atomic E-state index is 0. The first-order valence-corrected chi connectivity index (χ1v) is 5.94. The zero-order chi connectivity index (χ0) is 13.0. The summed E-state index contributed by atoms with van der Waals surface area (Å²) in [5.41, 5.74) is 0.731. The van der Waals surface area contributed by atoms with Crippen LogP contribution >= 0.6 is 11.6 Å². The average Bonchev–Trinajstić information content (AvgIpc) is 2.82. The van der Waals surface area contributed by atoms with E-state index in [0.717, 1.165) is 11.3 Å². The molecule has 0 aliphatic carbocycles. The van der Waals surface area contributed by atoms with Crippen LogP contribution in [0, 0.1) is 5.82 Å². The summed E-state index contributed by atoms with van der Waals surface area (Å²) >= 11 is 5.72. The lowest BCUT2D eigenvalue weighted by atomic mass is 10.2. The van der Waals surface area contributed by atoms with Crippen LogP contribution in [0.15, 0.2) is 34.7 Å². The zero-order valence-corrected chi connectivity index (χ0v) is 11.5. The highest BCUT2D eigenvalue weighted by Crippen LogP contribution is 2.26. The van der Waals surface area contributed by atoms with Gasteiger partial charge in [0.1, 0.15) is 17.3 Å². The van der Waals surface area contributed by atoms with Crippen molar-refractivity contribution < 1.29 is 26.3 Å². The van der Waals surface area contributed by atoms with Gasteiger partial charge in [-0.25, -0.2) is 4.39 Å². The van der Waals surface area contributed by atoms with E-state index in [1.807, 2.05) is 6.07 Å². The predicted molar refractivity (Wildman–Crippen MR) is 67.9 cm³/mol. The van der Waals surface area contributed by atoms with Crippen LogP contribution in [0.2, 0.25) is 5.02 Å². The Labute approximate surface area is 121 Å². The second-order valence-electron chi connectivity index (χ2n) is 3.80. The Bertz CT molecular complexity index is 531. The zero-order valence-electron chi connectivity index (χ0n) is 10.00. The third-order valence-corrected chi connectivity index (χ3v) is 2.74. The van der Waals surface area contributed by atoms with Gasteiger partial charge in [-0.3, -0.25) is 0 Å². The molecule has 0 unspecified atom stereocenters. The lowest BCUT2D eigenvalue weighted by Crippen LogP contribution is -3.00. The third kappa shape index (κ3) is 4.21. The minimum Gasteiger partial charge on any atom is -1.00 e. The van der Waals surface area contributed by atoms with Crippen molar-refractivity contribution in [2.24, 2.45) is 0 Å². The molecule has 0 atom stereocenters. The predicted octanol–water partition coefficient (Wildman–Crippen LogP) is -0.175. The van der Waals surface area contributed by atoms with Crippen molar-refractivity contribution in [2.75, 3.05) is 13.2 Å². The van der Waals surface area contributed by atoms with Gasteiger partial charge in [-0.1, -0.05) is 11.6 Å². The van der Waals surface area contributed by atoms with Crippen molar-refractivity contribution in [1.82, 2.24) is 5.32 Å². The number of hydrogen-bond acceptors (Lipinski definition) is 3. The van der Waals surface area contributed by atoms with Crippen LogP contribution in [0.25, 0.3) is 11.3 Å². The first kappa shape index (κ1) is 16.0. The Morgan fingerprint density at radius 2 is 2.05 bits per heavy atom. The highest BCUT2D eigenvalue weighted by molar-refractivity contribution is 6.31. The molecule has 6 heteroatoms. The molecule has 0 spiro atoms. The van der Waals surface area contributed by atoms with E-state index in [9.17, 15) is 4.39 Å². The van der Waals surface area contributed by atoms with Gasteiger partial charge in [0, 0.05) is 12.1 Å². The fraction of sp³-hybridized carbons (Fsp3) is 0.231. The SMILES string of the molecule is OCCNCc1ccc(-c2ccc(F)c(Cl)c2)o1.[Cl-]. The van der Waals surface area contributed by atoms with Crippen molar-refractivity contribution in [3.05, 3.63) is 46.9 Å². The highest BCUT2D eigenvalue weighted by atomic mass is 35.5. The summed E-state index contributed by atoms with van der Waals surface area (Å²) in [5, 5.41) is 11.7. The molecule has 1 aromatic carbocycles. The largest absolute Gasteiger partial charge is 1.00 e. The van der Waals surface area contributed by atoms with Crippen LogP contribution in [0.4, 0.5) is 4.39 Å². The standard InChI is InChI=1S/C13H13ClFNO2.ClH/c14-11-7-9(1-3-12(11)15)13-4-2-10(18-13)8-16-5-6-17;/h1-4,7,16-17H,5-6,8H2;1H/p-1. The van der Waals surface area contributed by atoms with Crippen molar-refractivity contribution in [2.45, 2.75) is 6.54 Å². The van der Waals surface area contributed by atoms with Gasteiger partial charge in [0.25, 0.3) is 0 Å². The molecule has 0 aliphatic rings. The summed E-state index contributed by atoms with van der Waals surface area (Å²) in [4.78, 5) is 0. The maximum atomic E-state index is 13.0. The number of benzene rings is 1. The van der Waals surface area contributed by atoms with Gasteiger partial charge in [-0.15, -0.1) is 0 Å². The number of hydrogen-bond donors (Lipinski definition) is 2. The van der Waals surface area contributed by atoms with Gasteiger partial charge < -0.3 is 27.2 Å². The molecule has 2 rings (SSSR count). The van der Waals surface area contributed by atoms with Gasteiger partial charge in [0.15, 0.2) is 0 Å². The summed E-state index contributed by atoms with van der Waals surface area (Å²) in [6.45, 7) is 1.13. The molecular weight excluding hydrogens is 292 g/mol. The van der Waals surface area contributed by atoms with Gasteiger partial charge >= 0.3 is 0 Å². The molecule has 1 aromatic heterocycles. The first-order valence-electron chi connectivity index (χ1n) is 5.56. The van der Waals surface area contributed by atoms with E-state index < -0.39 is 5.82 Å². The van der Waals surface area contributed by atoms with Gasteiger partial charge in [-0.2, -0.15) is 0 Å². The molecule has 3 nitrogen and oxygen atoms in total. The Balaban J connectivity index is 0.00000180. The first-order chi connectivity index (χ1) is 8.70. The molecule has 0 saturated carbocycles. The van der Waals surface area contributed by atoms with Crippen LogP contribution in [0.1, 0.15) is 5.76 Å². The second-order valence-corrected chi connectivity index (χ2v) is 4.20. The van der Waals surface area contributed by atoms with Crippen molar-refractivity contribution >= 4 is 11.6 Å². The third-order valence-electron chi connectivity index (χ3n) is 2.45. The number of furan rings is 1. The fourth-order valence-electron chi connectivity index (χ4n) is 1.57. The minimum atomic E-state index is -0.447. The van der Waals surface area contributed by atoms with E-state index in [0.29, 0.717) is 18.8 Å². The molecule has 0 aliphatic heterocycles. The summed E-state index contributed by atoms with van der Waals surface area (Å²) in [6, 6.07) is 8.09. The Morgan fingerprint density at radius 1 is 1.26 bits per heavy atom. The molecule has 1 heterocycles. The molecular formula is C13H13Cl2FNO2-. The van der Waals surface area contributed by atoms with E-state index in [2.05, 4.69) is 5.32 Å². The van der Waals surface area contributed by atoms with E-state index in [-0.39, 0.29) is 24.0 Å². The number of rotatable bonds is 5. The van der Waals surface area contributed by atoms with Crippen LogP contribution in [-0.2, 0) is 6.54 Å². The summed E-state index contributed by atoms with van der Waals surface area (Å²) in [7, 11) is 0. The number of aliphatic hydroxyl groups excluding tert-OH is 1. The van der Waals surface area contributed by atoms with Crippen LogP contribution in [-0.4, -0.2) is 18.3 Å². The van der Waals surface area contributed by atoms with Gasteiger partial charge in [0.05, 0.1) is 18.2 Å². The Hall–Kier alpha value is -1.07. The molecule has 0 fully saturated rings. The molecule has 2 aromatic rings. The van der Waals surface area contributed by atoms with E-state index in [1.165, 1.54) is 12.1 Å². The lowest BCUT2D eigenvalue weighted by Gasteiger charge is -2.00. The van der Waals surface area contributed by atoms with Gasteiger partial charge in [-0.05, 0) is 30.3 Å².